The van der Waals surface area contributed by atoms with Crippen LogP contribution in [0.5, 0.6) is 0 Å². The summed E-state index contributed by atoms with van der Waals surface area (Å²) in [6.45, 7) is 7.72. The first-order chi connectivity index (χ1) is 8.70. The lowest BCUT2D eigenvalue weighted by atomic mass is 10.0. The molecule has 0 saturated heterocycles. The Hall–Kier alpha value is 1.11. The van der Waals surface area contributed by atoms with Crippen LogP contribution in [0.4, 0.5) is 0 Å². The lowest BCUT2D eigenvalue weighted by Gasteiger charge is -2.33. The van der Waals surface area contributed by atoms with Gasteiger partial charge in [-0.1, -0.05) is 30.7 Å². The van der Waals surface area contributed by atoms with Crippen LogP contribution in [-0.2, 0) is 4.79 Å². The highest BCUT2D eigenvalue weighted by Gasteiger charge is 2.24. The average molecular weight is 344 g/mol. The first-order valence-electron chi connectivity index (χ1n) is 6.42. The van der Waals surface area contributed by atoms with Crippen LogP contribution in [0, 0.1) is 5.92 Å². The lowest BCUT2D eigenvalue weighted by molar-refractivity contribution is -0.124. The number of nitrogens with one attached hydrogen (secondary N) is 1. The van der Waals surface area contributed by atoms with Crippen LogP contribution in [0.15, 0.2) is 0 Å². The van der Waals surface area contributed by atoms with Gasteiger partial charge in [-0.15, -0.1) is 8.93 Å². The topological polar surface area (TPSA) is 52.6 Å². The number of rotatable bonds is 8. The lowest BCUT2D eigenvalue weighted by Crippen LogP contribution is -2.42. The second-order valence-electron chi connectivity index (χ2n) is 5.16. The largest absolute Gasteiger partial charge is 0.391 e. The second kappa shape index (κ2) is 9.94. The van der Waals surface area contributed by atoms with E-state index >= 15 is 0 Å². The molecule has 0 aromatic rings. The number of hydrogen-bond acceptors (Lipinski definition) is 3. The number of aliphatic hydroxyl groups excluding tert-OH is 1. The molecular weight excluding hydrogens is 316 g/mol. The van der Waals surface area contributed by atoms with Gasteiger partial charge in [-0.05, 0) is 27.3 Å². The zero-order valence-corrected chi connectivity index (χ0v) is 16.6. The van der Waals surface area contributed by atoms with Crippen LogP contribution >= 0.6 is 33.3 Å². The van der Waals surface area contributed by atoms with Crippen molar-refractivity contribution in [1.29, 1.82) is 0 Å². The van der Waals surface area contributed by atoms with Crippen molar-refractivity contribution in [3.8, 4) is 0 Å². The summed E-state index contributed by atoms with van der Waals surface area (Å²) in [5.74, 6) is 0.0262. The Bertz CT molecular complexity index is 281. The Morgan fingerprint density at radius 2 is 1.95 bits per heavy atom. The summed E-state index contributed by atoms with van der Waals surface area (Å²) < 4.78 is 2.22. The van der Waals surface area contributed by atoms with Gasteiger partial charge in [-0.25, -0.2) is 0 Å². The minimum Gasteiger partial charge on any atom is -0.391 e. The Kier molecular flexibility index (Phi) is 10.5. The summed E-state index contributed by atoms with van der Waals surface area (Å²) in [6, 6.07) is 0.0880. The van der Waals surface area contributed by atoms with E-state index in [2.05, 4.69) is 27.8 Å². The van der Waals surface area contributed by atoms with Gasteiger partial charge in [0.1, 0.15) is 0 Å². The van der Waals surface area contributed by atoms with Crippen LogP contribution in [0.3, 0.4) is 0 Å². The molecule has 114 valence electrons. The van der Waals surface area contributed by atoms with Gasteiger partial charge in [0.2, 0.25) is 5.91 Å². The summed E-state index contributed by atoms with van der Waals surface area (Å²) in [5, 5.41) is 13.2. The molecule has 0 rings (SSSR count). The molecule has 0 aromatic carbocycles. The van der Waals surface area contributed by atoms with Crippen molar-refractivity contribution in [1.82, 2.24) is 9.99 Å². The molecule has 0 radical (unpaired) electrons. The first kappa shape index (κ1) is 20.1. The van der Waals surface area contributed by atoms with Crippen molar-refractivity contribution in [2.45, 2.75) is 52.3 Å². The highest BCUT2D eigenvalue weighted by atomic mass is 32.6. The van der Waals surface area contributed by atoms with E-state index in [1.807, 2.05) is 34.7 Å². The molecule has 0 heterocycles. The van der Waals surface area contributed by atoms with Gasteiger partial charge in [0.05, 0.1) is 6.10 Å². The smallest absolute Gasteiger partial charge is 0.222 e. The second-order valence-corrected chi connectivity index (χ2v) is 14.2. The van der Waals surface area contributed by atoms with Gasteiger partial charge in [0.25, 0.3) is 0 Å². The number of nitrogens with zero attached hydrogens (tertiary/aromatic N) is 1. The van der Waals surface area contributed by atoms with Crippen LogP contribution in [-0.4, -0.2) is 40.9 Å². The fraction of sp³-hybridized carbons (Fsp3) is 0.909. The van der Waals surface area contributed by atoms with Crippen LogP contribution in [0.1, 0.15) is 34.1 Å². The number of carbonyl (C=O) groups excluding carboxylic acids is 1. The van der Waals surface area contributed by atoms with Gasteiger partial charge in [0.15, 0.2) is 0 Å². The molecule has 0 spiro atoms. The molecular formula is C11H28N2O2P4. The highest BCUT2D eigenvalue weighted by Crippen LogP contribution is 2.68. The van der Waals surface area contributed by atoms with Crippen molar-refractivity contribution in [2.24, 2.45) is 5.92 Å². The van der Waals surface area contributed by atoms with Gasteiger partial charge in [-0.3, -0.25) is 9.46 Å². The van der Waals surface area contributed by atoms with E-state index in [4.69, 9.17) is 0 Å². The molecule has 4 nitrogen and oxygen atoms in total. The zero-order valence-electron chi connectivity index (χ0n) is 12.4. The maximum atomic E-state index is 11.6. The number of amides is 1. The van der Waals surface area contributed by atoms with Crippen molar-refractivity contribution in [3.63, 3.8) is 0 Å². The molecule has 0 fully saturated rings. The van der Waals surface area contributed by atoms with Crippen molar-refractivity contribution in [2.75, 3.05) is 7.05 Å². The van der Waals surface area contributed by atoms with Crippen LogP contribution in [0.25, 0.3) is 0 Å². The third kappa shape index (κ3) is 7.61. The Morgan fingerprint density at radius 3 is 2.37 bits per heavy atom. The molecule has 0 aliphatic carbocycles. The van der Waals surface area contributed by atoms with Crippen molar-refractivity contribution in [3.05, 3.63) is 0 Å². The summed E-state index contributed by atoms with van der Waals surface area (Å²) in [4.78, 5) is 11.6. The first-order valence-corrected chi connectivity index (χ1v) is 13.0. The third-order valence-corrected chi connectivity index (χ3v) is 13.7. The Morgan fingerprint density at radius 1 is 1.42 bits per heavy atom. The summed E-state index contributed by atoms with van der Waals surface area (Å²) in [7, 11) is 8.16. The molecule has 1 amide bonds. The third-order valence-electron chi connectivity index (χ3n) is 3.13. The molecule has 7 unspecified atom stereocenters. The SMILES string of the molecule is CC(CC(O)C(C)N(C)P(P)PP)NC(=O)C(C)C. The number of hydrogen-bond donors (Lipinski definition) is 2. The Balaban J connectivity index is 4.28. The fourth-order valence-corrected chi connectivity index (χ4v) is 5.66. The quantitative estimate of drug-likeness (QED) is 0.666. The summed E-state index contributed by atoms with van der Waals surface area (Å²) in [6.07, 6.45) is 0.150. The summed E-state index contributed by atoms with van der Waals surface area (Å²) in [5.41, 5.74) is 0. The highest BCUT2D eigenvalue weighted by molar-refractivity contribution is 8.60. The standard InChI is InChI=1S/C11H28N2O2P4/c1-7(2)11(15)12-8(3)6-10(14)9(4)13(5)19(17)18-16/h7-10,14,18H,6,16-17H2,1-5H3,(H,12,15). The van der Waals surface area contributed by atoms with E-state index < -0.39 is 6.10 Å². The average Bonchev–Trinajstić information content (AvgIpc) is 2.35. The van der Waals surface area contributed by atoms with E-state index in [1.54, 1.807) is 0 Å². The molecule has 2 N–H and O–H groups in total. The van der Waals surface area contributed by atoms with E-state index in [1.165, 1.54) is 0 Å². The van der Waals surface area contributed by atoms with Gasteiger partial charge in [0, 0.05) is 25.5 Å². The predicted molar refractivity (Wildman–Crippen MR) is 94.9 cm³/mol. The molecule has 19 heavy (non-hydrogen) atoms. The summed E-state index contributed by atoms with van der Waals surface area (Å²) >= 11 is 0. The van der Waals surface area contributed by atoms with Gasteiger partial charge < -0.3 is 10.4 Å². The number of carbonyl (C=O) groups is 1. The normalized spacial score (nSPS) is 18.8. The van der Waals surface area contributed by atoms with E-state index in [-0.39, 0.29) is 31.4 Å². The van der Waals surface area contributed by atoms with Crippen LogP contribution in [0.2, 0.25) is 0 Å². The Labute approximate surface area is 124 Å². The monoisotopic (exact) mass is 344 g/mol. The minimum atomic E-state index is -0.431. The molecule has 0 aliphatic rings. The molecule has 8 heteroatoms. The minimum absolute atomic E-state index is 0.00469. The molecule has 0 bridgehead atoms. The number of likely N-dealkylation sites (N-methyl/N-ethyl adjacent to an activating group) is 1. The molecule has 0 aromatic heterocycles. The molecule has 7 atom stereocenters. The predicted octanol–water partition coefficient (Wildman–Crippen LogP) is 2.79. The van der Waals surface area contributed by atoms with Gasteiger partial charge in [-0.2, -0.15) is 0 Å². The van der Waals surface area contributed by atoms with E-state index in [0.29, 0.717) is 6.42 Å². The maximum Gasteiger partial charge on any atom is 0.222 e. The molecule has 0 aliphatic heterocycles. The maximum absolute atomic E-state index is 11.6. The van der Waals surface area contributed by atoms with E-state index in [0.717, 1.165) is 7.96 Å². The van der Waals surface area contributed by atoms with Crippen LogP contribution < -0.4 is 5.32 Å². The van der Waals surface area contributed by atoms with Crippen molar-refractivity contribution >= 4 is 39.2 Å². The number of aliphatic hydroxyl groups is 1. The molecule has 0 saturated carbocycles. The zero-order chi connectivity index (χ0) is 15.2. The van der Waals surface area contributed by atoms with Crippen molar-refractivity contribution < 1.29 is 9.90 Å². The van der Waals surface area contributed by atoms with Gasteiger partial charge >= 0.3 is 0 Å². The van der Waals surface area contributed by atoms with E-state index in [9.17, 15) is 9.90 Å². The fourth-order valence-electron chi connectivity index (χ4n) is 1.56.